The molecule has 6 heteroatoms. The van der Waals surface area contributed by atoms with Crippen molar-refractivity contribution < 1.29 is 4.79 Å². The fourth-order valence-corrected chi connectivity index (χ4v) is 2.32. The number of carbonyl (C=O) groups is 1. The maximum absolute atomic E-state index is 12.0. The third-order valence-corrected chi connectivity index (χ3v) is 3.59. The van der Waals surface area contributed by atoms with Crippen LogP contribution in [0.2, 0.25) is 5.15 Å². The lowest BCUT2D eigenvalue weighted by Gasteiger charge is -2.08. The summed E-state index contributed by atoms with van der Waals surface area (Å²) in [5.41, 5.74) is 6.53. The van der Waals surface area contributed by atoms with Crippen molar-refractivity contribution in [2.75, 3.05) is 5.43 Å². The molecule has 1 aliphatic carbocycles. The van der Waals surface area contributed by atoms with Gasteiger partial charge in [0.2, 0.25) is 5.91 Å². The Bertz CT molecular complexity index is 620. The van der Waals surface area contributed by atoms with E-state index in [1.807, 2.05) is 30.3 Å². The number of hydrogen-bond donors (Lipinski definition) is 2. The summed E-state index contributed by atoms with van der Waals surface area (Å²) < 4.78 is 0. The Hall–Kier alpha value is -2.14. The topological polar surface area (TPSA) is 66.9 Å². The molecule has 20 heavy (non-hydrogen) atoms. The summed E-state index contributed by atoms with van der Waals surface area (Å²) in [5, 5.41) is 0.225. The molecule has 5 nitrogen and oxygen atoms in total. The monoisotopic (exact) mass is 288 g/mol. The Balaban J connectivity index is 1.56. The molecule has 1 heterocycles. The van der Waals surface area contributed by atoms with Gasteiger partial charge in [-0.3, -0.25) is 15.6 Å². The largest absolute Gasteiger partial charge is 0.279 e. The molecule has 0 radical (unpaired) electrons. The molecule has 2 aromatic rings. The number of anilines is 1. The predicted molar refractivity (Wildman–Crippen MR) is 76.1 cm³/mol. The van der Waals surface area contributed by atoms with Crippen molar-refractivity contribution in [3.8, 4) is 0 Å². The van der Waals surface area contributed by atoms with Gasteiger partial charge in [-0.1, -0.05) is 41.9 Å². The summed E-state index contributed by atoms with van der Waals surface area (Å²) in [4.78, 5) is 19.9. The Morgan fingerprint density at radius 3 is 2.70 bits per heavy atom. The molecule has 1 aliphatic rings. The molecular formula is C14H13ClN4O. The molecule has 1 fully saturated rings. The Morgan fingerprint density at radius 1 is 1.20 bits per heavy atom. The number of rotatable bonds is 4. The highest BCUT2D eigenvalue weighted by molar-refractivity contribution is 6.31. The van der Waals surface area contributed by atoms with Gasteiger partial charge in [0, 0.05) is 18.3 Å². The van der Waals surface area contributed by atoms with Gasteiger partial charge < -0.3 is 0 Å². The van der Waals surface area contributed by atoms with E-state index in [9.17, 15) is 4.79 Å². The second-order valence-electron chi connectivity index (χ2n) is 4.67. The molecule has 1 aromatic carbocycles. The van der Waals surface area contributed by atoms with Crippen molar-refractivity contribution in [3.05, 3.63) is 53.4 Å². The van der Waals surface area contributed by atoms with Gasteiger partial charge in [0.1, 0.15) is 0 Å². The Kier molecular flexibility index (Phi) is 3.52. The number of carbonyl (C=O) groups excluding carboxylic acids is 1. The standard InChI is InChI=1S/C14H13ClN4O/c15-12-13(17-7-6-16-12)18-19-14(20)11-8-10(11)9-4-2-1-3-5-9/h1-7,10-11H,8H2,(H,17,18)(H,19,20)/t10-,11+/m0/s1. The van der Waals surface area contributed by atoms with Crippen molar-refractivity contribution in [1.82, 2.24) is 15.4 Å². The summed E-state index contributed by atoms with van der Waals surface area (Å²) in [6, 6.07) is 10.0. The number of nitrogens with zero attached hydrogens (tertiary/aromatic N) is 2. The lowest BCUT2D eigenvalue weighted by Crippen LogP contribution is -2.31. The number of halogens is 1. The molecule has 2 atom stereocenters. The van der Waals surface area contributed by atoms with Gasteiger partial charge in [0.05, 0.1) is 0 Å². The Labute approximate surface area is 121 Å². The number of amides is 1. The van der Waals surface area contributed by atoms with Crippen molar-refractivity contribution in [2.45, 2.75) is 12.3 Å². The zero-order valence-corrected chi connectivity index (χ0v) is 11.3. The van der Waals surface area contributed by atoms with Crippen LogP contribution in [0.3, 0.4) is 0 Å². The van der Waals surface area contributed by atoms with Gasteiger partial charge in [0.25, 0.3) is 0 Å². The first-order valence-corrected chi connectivity index (χ1v) is 6.71. The zero-order valence-electron chi connectivity index (χ0n) is 10.6. The quantitative estimate of drug-likeness (QED) is 0.848. The van der Waals surface area contributed by atoms with Crippen LogP contribution < -0.4 is 10.9 Å². The number of hydrogen-bond acceptors (Lipinski definition) is 4. The van der Waals surface area contributed by atoms with E-state index in [-0.39, 0.29) is 17.0 Å². The maximum Gasteiger partial charge on any atom is 0.242 e. The highest BCUT2D eigenvalue weighted by Crippen LogP contribution is 2.47. The molecule has 0 saturated heterocycles. The van der Waals surface area contributed by atoms with Crippen molar-refractivity contribution in [2.24, 2.45) is 5.92 Å². The second-order valence-corrected chi connectivity index (χ2v) is 5.03. The molecule has 1 saturated carbocycles. The fraction of sp³-hybridized carbons (Fsp3) is 0.214. The first-order chi connectivity index (χ1) is 9.75. The molecule has 1 amide bonds. The van der Waals surface area contributed by atoms with Gasteiger partial charge in [-0.2, -0.15) is 0 Å². The van der Waals surface area contributed by atoms with E-state index in [4.69, 9.17) is 11.6 Å². The SMILES string of the molecule is O=C(NNc1nccnc1Cl)[C@@H]1C[C@H]1c1ccccc1. The van der Waals surface area contributed by atoms with Gasteiger partial charge in [-0.05, 0) is 17.9 Å². The van der Waals surface area contributed by atoms with Crippen molar-refractivity contribution >= 4 is 23.3 Å². The number of hydrazine groups is 1. The highest BCUT2D eigenvalue weighted by Gasteiger charge is 2.43. The highest BCUT2D eigenvalue weighted by atomic mass is 35.5. The fourth-order valence-electron chi connectivity index (χ4n) is 2.17. The molecule has 0 unspecified atom stereocenters. The first kappa shape index (κ1) is 12.9. The van der Waals surface area contributed by atoms with Gasteiger partial charge >= 0.3 is 0 Å². The normalized spacial score (nSPS) is 20.2. The molecule has 0 spiro atoms. The van der Waals surface area contributed by atoms with Crippen LogP contribution in [-0.2, 0) is 4.79 Å². The van der Waals surface area contributed by atoms with E-state index in [0.717, 1.165) is 6.42 Å². The van der Waals surface area contributed by atoms with E-state index in [0.29, 0.717) is 11.7 Å². The van der Waals surface area contributed by atoms with Crippen LogP contribution in [-0.4, -0.2) is 15.9 Å². The van der Waals surface area contributed by atoms with Crippen LogP contribution in [0.15, 0.2) is 42.7 Å². The van der Waals surface area contributed by atoms with E-state index in [1.165, 1.54) is 18.0 Å². The third kappa shape index (κ3) is 2.72. The predicted octanol–water partition coefficient (Wildman–Crippen LogP) is 2.38. The molecule has 0 aliphatic heterocycles. The number of benzene rings is 1. The second kappa shape index (κ2) is 5.46. The van der Waals surface area contributed by atoms with Crippen LogP contribution in [0.25, 0.3) is 0 Å². The first-order valence-electron chi connectivity index (χ1n) is 6.33. The lowest BCUT2D eigenvalue weighted by atomic mass is 10.1. The van der Waals surface area contributed by atoms with Crippen molar-refractivity contribution in [1.29, 1.82) is 0 Å². The zero-order chi connectivity index (χ0) is 13.9. The van der Waals surface area contributed by atoms with Crippen LogP contribution in [0.1, 0.15) is 17.9 Å². The van der Waals surface area contributed by atoms with Gasteiger partial charge in [-0.25, -0.2) is 9.97 Å². The minimum atomic E-state index is -0.0550. The average Bonchev–Trinajstić information content (AvgIpc) is 3.28. The lowest BCUT2D eigenvalue weighted by molar-refractivity contribution is -0.121. The summed E-state index contributed by atoms with van der Waals surface area (Å²) >= 11 is 5.84. The molecule has 102 valence electrons. The van der Waals surface area contributed by atoms with E-state index in [2.05, 4.69) is 20.8 Å². The van der Waals surface area contributed by atoms with Crippen LogP contribution >= 0.6 is 11.6 Å². The summed E-state index contributed by atoms with van der Waals surface area (Å²) in [7, 11) is 0. The molecular weight excluding hydrogens is 276 g/mol. The minimum Gasteiger partial charge on any atom is -0.279 e. The molecule has 3 rings (SSSR count). The van der Waals surface area contributed by atoms with E-state index >= 15 is 0 Å². The van der Waals surface area contributed by atoms with Gasteiger partial charge in [-0.15, -0.1) is 0 Å². The van der Waals surface area contributed by atoms with Crippen molar-refractivity contribution in [3.63, 3.8) is 0 Å². The summed E-state index contributed by atoms with van der Waals surface area (Å²) in [6.07, 6.45) is 3.86. The molecule has 2 N–H and O–H groups in total. The van der Waals surface area contributed by atoms with Crippen LogP contribution in [0.4, 0.5) is 5.82 Å². The molecule has 0 bridgehead atoms. The van der Waals surface area contributed by atoms with E-state index in [1.54, 1.807) is 0 Å². The van der Waals surface area contributed by atoms with Crippen LogP contribution in [0.5, 0.6) is 0 Å². The number of aromatic nitrogens is 2. The molecule has 1 aromatic heterocycles. The van der Waals surface area contributed by atoms with E-state index < -0.39 is 0 Å². The minimum absolute atomic E-state index is 0.000321. The van der Waals surface area contributed by atoms with Gasteiger partial charge in [0.15, 0.2) is 11.0 Å². The average molecular weight is 289 g/mol. The summed E-state index contributed by atoms with van der Waals surface area (Å²) in [6.45, 7) is 0. The summed E-state index contributed by atoms with van der Waals surface area (Å²) in [5.74, 6) is 0.593. The maximum atomic E-state index is 12.0. The van der Waals surface area contributed by atoms with Crippen LogP contribution in [0, 0.1) is 5.92 Å². The Morgan fingerprint density at radius 2 is 1.95 bits per heavy atom. The third-order valence-electron chi connectivity index (χ3n) is 3.31. The smallest absolute Gasteiger partial charge is 0.242 e. The number of nitrogens with one attached hydrogen (secondary N) is 2.